The van der Waals surface area contributed by atoms with E-state index >= 15 is 0 Å². The van der Waals surface area contributed by atoms with Gasteiger partial charge in [-0.25, -0.2) is 9.97 Å². The molecule has 1 fully saturated rings. The van der Waals surface area contributed by atoms with Crippen molar-refractivity contribution in [2.75, 3.05) is 44.7 Å². The molecule has 7 nitrogen and oxygen atoms in total. The smallest absolute Gasteiger partial charge is 0.255 e. The van der Waals surface area contributed by atoms with Crippen LogP contribution in [0.25, 0.3) is 5.65 Å². The van der Waals surface area contributed by atoms with Crippen molar-refractivity contribution in [3.8, 4) is 11.8 Å². The summed E-state index contributed by atoms with van der Waals surface area (Å²) in [6, 6.07) is 9.65. The van der Waals surface area contributed by atoms with Crippen LogP contribution in [0, 0.1) is 23.7 Å². The van der Waals surface area contributed by atoms with E-state index in [0.29, 0.717) is 17.4 Å². The molecule has 38 heavy (non-hydrogen) atoms. The topological polar surface area (TPSA) is 57.0 Å². The van der Waals surface area contributed by atoms with Crippen LogP contribution in [-0.2, 0) is 0 Å². The number of amides is 1. The molecule has 0 radical (unpaired) electrons. The number of likely N-dealkylation sites (tertiary alicyclic amines) is 1. The highest BCUT2D eigenvalue weighted by Crippen LogP contribution is 2.26. The molecule has 1 aliphatic rings. The van der Waals surface area contributed by atoms with Crippen LogP contribution >= 0.6 is 0 Å². The van der Waals surface area contributed by atoms with E-state index in [9.17, 15) is 4.79 Å². The first kappa shape index (κ1) is 27.7. The van der Waals surface area contributed by atoms with E-state index in [2.05, 4.69) is 49.4 Å². The highest BCUT2D eigenvalue weighted by molar-refractivity contribution is 5.94. The first-order valence-corrected chi connectivity index (χ1v) is 14.0. The summed E-state index contributed by atoms with van der Waals surface area (Å²) >= 11 is 0. The van der Waals surface area contributed by atoms with Gasteiger partial charge in [0.15, 0.2) is 5.82 Å². The third kappa shape index (κ3) is 6.93. The quantitative estimate of drug-likeness (QED) is 0.336. The van der Waals surface area contributed by atoms with E-state index < -0.39 is 0 Å². The largest absolute Gasteiger partial charge is 0.339 e. The molecular weight excluding hydrogens is 472 g/mol. The Morgan fingerprint density at radius 1 is 1.03 bits per heavy atom. The Labute approximate surface area is 227 Å². The Hall–Kier alpha value is -3.37. The highest BCUT2D eigenvalue weighted by Gasteiger charge is 2.21. The number of imidazole rings is 1. The highest BCUT2D eigenvalue weighted by atomic mass is 16.2. The van der Waals surface area contributed by atoms with Gasteiger partial charge in [-0.1, -0.05) is 39.7 Å². The Balaban J connectivity index is 1.70. The number of anilines is 2. The van der Waals surface area contributed by atoms with Crippen LogP contribution in [0.15, 0.2) is 42.7 Å². The molecule has 202 valence electrons. The number of fused-ring (bicyclic) bond motifs is 1. The Kier molecular flexibility index (Phi) is 9.41. The molecule has 4 heterocycles. The molecule has 1 saturated heterocycles. The standard InChI is InChI=1S/C31H42N6O/c1-24(2)15-21-36(22-16-25(3)4)31(38)26-13-14-29-33-30(34(5)28-12-6-7-17-32-28)27(37(29)23-26)11-10-20-35-18-8-9-19-35/h6-7,12-14,17,23-25H,8-9,15-16,18-22H2,1-5H3. The van der Waals surface area contributed by atoms with Gasteiger partial charge in [0.05, 0.1) is 12.1 Å². The van der Waals surface area contributed by atoms with Crippen molar-refractivity contribution < 1.29 is 4.79 Å². The summed E-state index contributed by atoms with van der Waals surface area (Å²) in [6.07, 6.45) is 8.14. The Morgan fingerprint density at radius 2 is 1.74 bits per heavy atom. The summed E-state index contributed by atoms with van der Waals surface area (Å²) < 4.78 is 1.97. The second-order valence-electron chi connectivity index (χ2n) is 11.1. The average Bonchev–Trinajstić information content (AvgIpc) is 3.56. The van der Waals surface area contributed by atoms with Gasteiger partial charge in [-0.3, -0.25) is 14.1 Å². The first-order valence-electron chi connectivity index (χ1n) is 14.0. The van der Waals surface area contributed by atoms with Crippen molar-refractivity contribution in [2.45, 2.75) is 53.4 Å². The summed E-state index contributed by atoms with van der Waals surface area (Å²) in [7, 11) is 1.96. The Bertz CT molecular complexity index is 1250. The van der Waals surface area contributed by atoms with Gasteiger partial charge in [-0.05, 0) is 80.8 Å². The van der Waals surface area contributed by atoms with Gasteiger partial charge >= 0.3 is 0 Å². The van der Waals surface area contributed by atoms with Crippen LogP contribution in [0.1, 0.15) is 69.4 Å². The number of hydrogen-bond donors (Lipinski definition) is 0. The number of carbonyl (C=O) groups is 1. The fraction of sp³-hybridized carbons (Fsp3) is 0.516. The molecule has 0 saturated carbocycles. The van der Waals surface area contributed by atoms with Crippen LogP contribution < -0.4 is 4.90 Å². The summed E-state index contributed by atoms with van der Waals surface area (Å²) in [5.41, 5.74) is 2.20. The molecule has 0 unspecified atom stereocenters. The molecule has 0 spiro atoms. The number of pyridine rings is 2. The van der Waals surface area contributed by atoms with Crippen LogP contribution in [0.2, 0.25) is 0 Å². The lowest BCUT2D eigenvalue weighted by Crippen LogP contribution is -2.34. The zero-order chi connectivity index (χ0) is 27.1. The van der Waals surface area contributed by atoms with Crippen LogP contribution in [0.3, 0.4) is 0 Å². The van der Waals surface area contributed by atoms with Crippen molar-refractivity contribution in [1.82, 2.24) is 24.2 Å². The maximum Gasteiger partial charge on any atom is 0.255 e. The van der Waals surface area contributed by atoms with E-state index in [1.807, 2.05) is 57.8 Å². The Morgan fingerprint density at radius 3 is 2.37 bits per heavy atom. The molecule has 1 amide bonds. The van der Waals surface area contributed by atoms with E-state index in [1.165, 1.54) is 12.8 Å². The number of aromatic nitrogens is 3. The molecule has 1 aliphatic heterocycles. The first-order chi connectivity index (χ1) is 18.3. The third-order valence-electron chi connectivity index (χ3n) is 7.11. The zero-order valence-electron chi connectivity index (χ0n) is 23.7. The summed E-state index contributed by atoms with van der Waals surface area (Å²) in [5.74, 6) is 9.47. The molecule has 3 aromatic rings. The minimum atomic E-state index is 0.0671. The number of hydrogen-bond acceptors (Lipinski definition) is 5. The van der Waals surface area contributed by atoms with Gasteiger partial charge in [0.1, 0.15) is 17.2 Å². The molecule has 0 aliphatic carbocycles. The molecule has 7 heteroatoms. The SMILES string of the molecule is CC(C)CCN(CCC(C)C)C(=O)c1ccc2nc(N(C)c3ccccn3)c(C#CCN3CCCC3)n2c1. The summed E-state index contributed by atoms with van der Waals surface area (Å²) in [6.45, 7) is 13.3. The molecule has 0 N–H and O–H groups in total. The number of nitrogens with zero attached hydrogens (tertiary/aromatic N) is 6. The van der Waals surface area contributed by atoms with Crippen LogP contribution in [0.5, 0.6) is 0 Å². The lowest BCUT2D eigenvalue weighted by Gasteiger charge is -2.24. The van der Waals surface area contributed by atoms with Crippen molar-refractivity contribution in [3.05, 3.63) is 54.0 Å². The van der Waals surface area contributed by atoms with Gasteiger partial charge < -0.3 is 9.80 Å². The summed E-state index contributed by atoms with van der Waals surface area (Å²) in [5, 5.41) is 0. The van der Waals surface area contributed by atoms with Gasteiger partial charge in [0.25, 0.3) is 5.91 Å². The van der Waals surface area contributed by atoms with Gasteiger partial charge in [-0.2, -0.15) is 0 Å². The molecular formula is C31H42N6O. The lowest BCUT2D eigenvalue weighted by atomic mass is 10.1. The molecule has 0 atom stereocenters. The lowest BCUT2D eigenvalue weighted by molar-refractivity contribution is 0.0740. The number of carbonyl (C=O) groups excluding carboxylic acids is 1. The molecule has 4 rings (SSSR count). The van der Waals surface area contributed by atoms with Crippen LogP contribution in [-0.4, -0.2) is 69.8 Å². The van der Waals surface area contributed by atoms with Gasteiger partial charge in [0.2, 0.25) is 0 Å². The normalized spacial score (nSPS) is 13.8. The second-order valence-corrected chi connectivity index (χ2v) is 11.1. The predicted octanol–water partition coefficient (Wildman–Crippen LogP) is 5.48. The van der Waals surface area contributed by atoms with Gasteiger partial charge in [0, 0.05) is 32.5 Å². The summed E-state index contributed by atoms with van der Waals surface area (Å²) in [4.78, 5) is 29.5. The fourth-order valence-electron chi connectivity index (χ4n) is 4.67. The number of rotatable bonds is 10. The van der Waals surface area contributed by atoms with Crippen molar-refractivity contribution in [1.29, 1.82) is 0 Å². The maximum absolute atomic E-state index is 13.7. The van der Waals surface area contributed by atoms with Crippen molar-refractivity contribution in [3.63, 3.8) is 0 Å². The molecule has 0 bridgehead atoms. The molecule has 3 aromatic heterocycles. The minimum Gasteiger partial charge on any atom is -0.339 e. The predicted molar refractivity (Wildman–Crippen MR) is 155 cm³/mol. The monoisotopic (exact) mass is 514 g/mol. The van der Waals surface area contributed by atoms with E-state index in [0.717, 1.165) is 68.5 Å². The van der Waals surface area contributed by atoms with Crippen LogP contribution in [0.4, 0.5) is 11.6 Å². The zero-order valence-corrected chi connectivity index (χ0v) is 23.7. The van der Waals surface area contributed by atoms with E-state index in [4.69, 9.17) is 4.98 Å². The third-order valence-corrected chi connectivity index (χ3v) is 7.11. The molecule has 0 aromatic carbocycles. The van der Waals surface area contributed by atoms with Crippen molar-refractivity contribution in [2.24, 2.45) is 11.8 Å². The maximum atomic E-state index is 13.7. The average molecular weight is 515 g/mol. The van der Waals surface area contributed by atoms with E-state index in [1.54, 1.807) is 6.20 Å². The van der Waals surface area contributed by atoms with Crippen molar-refractivity contribution >= 4 is 23.2 Å². The van der Waals surface area contributed by atoms with Gasteiger partial charge in [-0.15, -0.1) is 0 Å². The second kappa shape index (κ2) is 12.9. The minimum absolute atomic E-state index is 0.0671. The van der Waals surface area contributed by atoms with E-state index in [-0.39, 0.29) is 5.91 Å². The fourth-order valence-corrected chi connectivity index (χ4v) is 4.67.